The second-order valence-electron chi connectivity index (χ2n) is 6.31. The molecule has 0 unspecified atom stereocenters. The maximum Gasteiger partial charge on any atom is 0.338 e. The number of nitrogens with one attached hydrogen (secondary N) is 2. The second-order valence-corrected chi connectivity index (χ2v) is 6.31. The molecule has 0 radical (unpaired) electrons. The topological polar surface area (TPSA) is 137 Å². The van der Waals surface area contributed by atoms with Crippen molar-refractivity contribution in [1.29, 1.82) is 0 Å². The number of hydrogen-bond donors (Lipinski definition) is 2. The van der Waals surface area contributed by atoms with Crippen molar-refractivity contribution in [2.24, 2.45) is 0 Å². The van der Waals surface area contributed by atoms with Crippen molar-refractivity contribution in [3.05, 3.63) is 33.9 Å². The highest BCUT2D eigenvalue weighted by atomic mass is 16.6. The lowest BCUT2D eigenvalue weighted by atomic mass is 9.96. The average molecular weight is 393 g/mol. The van der Waals surface area contributed by atoms with Crippen LogP contribution in [-0.4, -0.2) is 42.1 Å². The Bertz CT molecular complexity index is 745. The number of hydrogen-bond acceptors (Lipinski definition) is 7. The molecule has 1 aliphatic rings. The first-order valence-electron chi connectivity index (χ1n) is 9.09. The van der Waals surface area contributed by atoms with Gasteiger partial charge in [0, 0.05) is 12.1 Å². The van der Waals surface area contributed by atoms with Crippen LogP contribution in [0, 0.1) is 10.1 Å². The van der Waals surface area contributed by atoms with Gasteiger partial charge >= 0.3 is 17.7 Å². The van der Waals surface area contributed by atoms with Crippen molar-refractivity contribution >= 4 is 23.6 Å². The smallest absolute Gasteiger partial charge is 0.338 e. The number of carbonyl (C=O) groups is 3. The normalized spacial score (nSPS) is 14.0. The van der Waals surface area contributed by atoms with Crippen LogP contribution in [0.2, 0.25) is 0 Å². The molecule has 0 aromatic heterocycles. The summed E-state index contributed by atoms with van der Waals surface area (Å²) in [7, 11) is 0. The van der Waals surface area contributed by atoms with Gasteiger partial charge in [-0.2, -0.15) is 0 Å². The minimum absolute atomic E-state index is 0.0289. The Labute approximate surface area is 161 Å². The molecule has 2 rings (SSSR count). The molecule has 2 N–H and O–H groups in total. The first kappa shape index (κ1) is 21.1. The van der Waals surface area contributed by atoms with Crippen LogP contribution in [0.25, 0.3) is 0 Å². The summed E-state index contributed by atoms with van der Waals surface area (Å²) in [4.78, 5) is 46.0. The van der Waals surface area contributed by atoms with Crippen LogP contribution in [0.5, 0.6) is 5.75 Å². The first-order chi connectivity index (χ1) is 13.4. The van der Waals surface area contributed by atoms with Gasteiger partial charge in [0.25, 0.3) is 5.91 Å². The zero-order chi connectivity index (χ0) is 20.5. The van der Waals surface area contributed by atoms with Gasteiger partial charge in [0.2, 0.25) is 0 Å². The van der Waals surface area contributed by atoms with Crippen LogP contribution in [0.4, 0.5) is 10.5 Å². The summed E-state index contributed by atoms with van der Waals surface area (Å²) in [5, 5.41) is 15.9. The molecule has 152 valence electrons. The van der Waals surface area contributed by atoms with E-state index < -0.39 is 29.4 Å². The van der Waals surface area contributed by atoms with E-state index in [-0.39, 0.29) is 29.6 Å². The Morgan fingerprint density at radius 2 is 1.93 bits per heavy atom. The monoisotopic (exact) mass is 393 g/mol. The third-order valence-electron chi connectivity index (χ3n) is 4.22. The predicted molar refractivity (Wildman–Crippen MR) is 98.1 cm³/mol. The van der Waals surface area contributed by atoms with Gasteiger partial charge in [-0.25, -0.2) is 9.59 Å². The van der Waals surface area contributed by atoms with E-state index in [1.807, 2.05) is 0 Å². The van der Waals surface area contributed by atoms with E-state index in [0.717, 1.165) is 38.2 Å². The Morgan fingerprint density at radius 1 is 1.21 bits per heavy atom. The summed E-state index contributed by atoms with van der Waals surface area (Å²) in [5.74, 6) is -1.68. The first-order valence-corrected chi connectivity index (χ1v) is 9.09. The molecule has 1 fully saturated rings. The molecule has 1 aliphatic carbocycles. The molecule has 28 heavy (non-hydrogen) atoms. The lowest BCUT2D eigenvalue weighted by Gasteiger charge is -2.22. The van der Waals surface area contributed by atoms with Crippen molar-refractivity contribution in [1.82, 2.24) is 10.6 Å². The van der Waals surface area contributed by atoms with Gasteiger partial charge in [-0.3, -0.25) is 20.2 Å². The van der Waals surface area contributed by atoms with Crippen molar-refractivity contribution in [3.8, 4) is 5.75 Å². The SMILES string of the molecule is CCOc1ccc(C(=O)OCC(=O)NC(=O)NC2CCCCC2)cc1[N+](=O)[O-]. The number of ether oxygens (including phenoxy) is 2. The fourth-order valence-electron chi connectivity index (χ4n) is 2.91. The fraction of sp³-hybridized carbons (Fsp3) is 0.500. The number of amides is 3. The minimum Gasteiger partial charge on any atom is -0.487 e. The van der Waals surface area contributed by atoms with Gasteiger partial charge in [0.05, 0.1) is 17.1 Å². The van der Waals surface area contributed by atoms with E-state index in [2.05, 4.69) is 10.6 Å². The van der Waals surface area contributed by atoms with Crippen LogP contribution in [-0.2, 0) is 9.53 Å². The highest BCUT2D eigenvalue weighted by Gasteiger charge is 2.21. The van der Waals surface area contributed by atoms with E-state index in [4.69, 9.17) is 9.47 Å². The summed E-state index contributed by atoms with van der Waals surface area (Å²) in [6, 6.07) is 3.00. The molecule has 1 aromatic rings. The van der Waals surface area contributed by atoms with Crippen LogP contribution in [0.15, 0.2) is 18.2 Å². The average Bonchev–Trinajstić information content (AvgIpc) is 2.67. The molecule has 3 amide bonds. The number of urea groups is 1. The van der Waals surface area contributed by atoms with Gasteiger partial charge in [-0.15, -0.1) is 0 Å². The molecule has 10 nitrogen and oxygen atoms in total. The highest BCUT2D eigenvalue weighted by molar-refractivity contribution is 5.97. The number of nitro groups is 1. The van der Waals surface area contributed by atoms with Crippen LogP contribution >= 0.6 is 0 Å². The maximum atomic E-state index is 12.0. The minimum atomic E-state index is -0.922. The molecule has 0 spiro atoms. The zero-order valence-electron chi connectivity index (χ0n) is 15.6. The molecule has 0 aliphatic heterocycles. The summed E-state index contributed by atoms with van der Waals surface area (Å²) < 4.78 is 9.96. The van der Waals surface area contributed by atoms with Crippen molar-refractivity contribution in [2.45, 2.75) is 45.1 Å². The molecule has 1 saturated carbocycles. The molecule has 1 aromatic carbocycles. The van der Waals surface area contributed by atoms with Crippen molar-refractivity contribution in [2.75, 3.05) is 13.2 Å². The Balaban J connectivity index is 1.85. The van der Waals surface area contributed by atoms with Gasteiger partial charge in [0.15, 0.2) is 12.4 Å². The number of rotatable bonds is 7. The lowest BCUT2D eigenvalue weighted by Crippen LogP contribution is -2.46. The predicted octanol–water partition coefficient (Wildman–Crippen LogP) is 2.31. The molecular formula is C18H23N3O7. The fourth-order valence-corrected chi connectivity index (χ4v) is 2.91. The molecular weight excluding hydrogens is 370 g/mol. The number of benzene rings is 1. The third-order valence-corrected chi connectivity index (χ3v) is 4.22. The molecule has 0 heterocycles. The number of carbonyl (C=O) groups excluding carboxylic acids is 3. The van der Waals surface area contributed by atoms with Crippen molar-refractivity contribution < 1.29 is 28.8 Å². The quantitative estimate of drug-likeness (QED) is 0.412. The van der Waals surface area contributed by atoms with Gasteiger partial charge in [-0.1, -0.05) is 19.3 Å². The molecule has 0 atom stereocenters. The zero-order valence-corrected chi connectivity index (χ0v) is 15.6. The van der Waals surface area contributed by atoms with Crippen LogP contribution in [0.3, 0.4) is 0 Å². The van der Waals surface area contributed by atoms with Gasteiger partial charge in [-0.05, 0) is 31.9 Å². The standard InChI is InChI=1S/C18H23N3O7/c1-2-27-15-9-8-12(10-14(15)21(25)26)17(23)28-11-16(22)20-18(24)19-13-6-4-3-5-7-13/h8-10,13H,2-7,11H2,1H3,(H2,19,20,22,24). The van der Waals surface area contributed by atoms with E-state index in [1.54, 1.807) is 6.92 Å². The van der Waals surface area contributed by atoms with E-state index in [9.17, 15) is 24.5 Å². The highest BCUT2D eigenvalue weighted by Crippen LogP contribution is 2.28. The van der Waals surface area contributed by atoms with E-state index in [0.29, 0.717) is 0 Å². The van der Waals surface area contributed by atoms with Crippen LogP contribution < -0.4 is 15.4 Å². The van der Waals surface area contributed by atoms with Crippen LogP contribution in [0.1, 0.15) is 49.4 Å². The number of esters is 1. The van der Waals surface area contributed by atoms with Crippen molar-refractivity contribution in [3.63, 3.8) is 0 Å². The molecule has 0 bridgehead atoms. The largest absolute Gasteiger partial charge is 0.487 e. The molecule has 10 heteroatoms. The lowest BCUT2D eigenvalue weighted by molar-refractivity contribution is -0.385. The summed E-state index contributed by atoms with van der Waals surface area (Å²) in [5.41, 5.74) is -0.484. The molecule has 0 saturated heterocycles. The van der Waals surface area contributed by atoms with Gasteiger partial charge in [0.1, 0.15) is 0 Å². The third kappa shape index (κ3) is 6.22. The summed E-state index contributed by atoms with van der Waals surface area (Å²) >= 11 is 0. The Morgan fingerprint density at radius 3 is 2.57 bits per heavy atom. The Kier molecular flexibility index (Phi) is 7.73. The van der Waals surface area contributed by atoms with Gasteiger partial charge < -0.3 is 14.8 Å². The number of nitro benzene ring substituents is 1. The summed E-state index contributed by atoms with van der Waals surface area (Å²) in [6.45, 7) is 1.22. The summed E-state index contributed by atoms with van der Waals surface area (Å²) in [6.07, 6.45) is 4.94. The maximum absolute atomic E-state index is 12.0. The van der Waals surface area contributed by atoms with E-state index >= 15 is 0 Å². The second kappa shape index (κ2) is 10.2. The van der Waals surface area contributed by atoms with E-state index in [1.165, 1.54) is 12.1 Å². The Hall–Kier alpha value is -3.17. The number of nitrogens with zero attached hydrogens (tertiary/aromatic N) is 1. The number of imide groups is 1.